The first-order chi connectivity index (χ1) is 39.9. The number of carbonyl (C=O) groups excluding carboxylic acids is 6. The Morgan fingerprint density at radius 2 is 0.880 bits per heavy atom. The van der Waals surface area contributed by atoms with Crippen LogP contribution in [-0.2, 0) is 50.9 Å². The minimum Gasteiger partial charge on any atom is -0.491 e. The minimum atomic E-state index is -1.13. The second kappa shape index (κ2) is 36.6. The van der Waals surface area contributed by atoms with Gasteiger partial charge in [0.25, 0.3) is 11.8 Å². The van der Waals surface area contributed by atoms with Gasteiger partial charge in [0.15, 0.2) is 56.9 Å². The molecule has 2 atom stereocenters. The van der Waals surface area contributed by atoms with Crippen molar-refractivity contribution in [2.75, 3.05) is 103 Å². The number of alkyl carbamates (subject to hydrolysis) is 2. The number of carbonyl (C=O) groups is 6. The largest absolute Gasteiger partial charge is 0.491 e. The van der Waals surface area contributed by atoms with E-state index >= 15 is 0 Å². The Kier molecular flexibility index (Phi) is 29.4. The maximum atomic E-state index is 12.5. The molecule has 0 saturated carbocycles. The van der Waals surface area contributed by atoms with Crippen LogP contribution in [0.5, 0.6) is 11.5 Å². The van der Waals surface area contributed by atoms with E-state index in [-0.39, 0.29) is 129 Å². The van der Waals surface area contributed by atoms with Gasteiger partial charge >= 0.3 is 24.1 Å². The van der Waals surface area contributed by atoms with E-state index in [1.807, 2.05) is 48.5 Å². The van der Waals surface area contributed by atoms with Gasteiger partial charge in [-0.15, -0.1) is 0 Å². The van der Waals surface area contributed by atoms with Crippen LogP contribution in [0.15, 0.2) is 58.5 Å². The molecule has 32 heteroatoms. The molecule has 30 nitrogen and oxygen atoms in total. The van der Waals surface area contributed by atoms with Gasteiger partial charge in [-0.3, -0.25) is 30.2 Å². The number of anilines is 4. The van der Waals surface area contributed by atoms with Gasteiger partial charge in [0.1, 0.15) is 50.0 Å². The number of aliphatic imine (C=N–C) groups is 2. The highest BCUT2D eigenvalue weighted by atomic mass is 35.5. The quantitative estimate of drug-likeness (QED) is 0.0105. The average Bonchev–Trinajstić information content (AvgIpc) is 3.49. The molecule has 4 aromatic rings. The predicted octanol–water partition coefficient (Wildman–Crippen LogP) is 2.23. The highest BCUT2D eigenvalue weighted by Gasteiger charge is 2.26. The van der Waals surface area contributed by atoms with Crippen molar-refractivity contribution in [1.29, 1.82) is 0 Å². The van der Waals surface area contributed by atoms with Crippen LogP contribution in [0.25, 0.3) is 0 Å². The monoisotopic (exact) mass is 1200 g/mol. The molecule has 2 unspecified atom stereocenters. The molecule has 0 radical (unpaired) electrons. The number of hydrogen-bond acceptors (Lipinski definition) is 24. The van der Waals surface area contributed by atoms with E-state index in [2.05, 4.69) is 51.2 Å². The molecule has 2 aromatic carbocycles. The van der Waals surface area contributed by atoms with Crippen LogP contribution in [0.2, 0.25) is 10.3 Å². The number of hydrogen-bond donors (Lipinski definition) is 10. The SMILES string of the molecule is COC(=O)C(CCCC(NC(=O)OCCOCCOc1ccc(CCCCN=C(N)NC(=O)c2nc(Cl)c(N)nc2N)cc1)C(=O)OC)NC(=O)OCCOCCOc1ccc(CCCCN=C(N)NC(=O)c2nc(Cl)c(N)nc2N)cc1. The van der Waals surface area contributed by atoms with Crippen molar-refractivity contribution >= 4 is 94.3 Å². The number of nitrogens with two attached hydrogens (primary N) is 6. The molecule has 16 N–H and O–H groups in total. The summed E-state index contributed by atoms with van der Waals surface area (Å²) in [6.45, 7) is 1.45. The standard InChI is InChI=1S/C51H70Cl2N16O14/c1-76-46(72)34(62-50(74)82-28-24-78-22-26-80-32-16-12-30(13-17-32)8-3-5-20-60-48(58)68-44(70)36-40(54)66-42(56)38(52)64-36)10-7-11-35(47(73)77-2)63-51(75)83-29-25-79-23-27-81-33-18-14-31(15-19-33)9-4-6-21-61-49(59)69-45(71)37-41(55)67-43(57)39(53)65-37/h12-19,34-35H,3-11,20-29H2,1-2H3,(H,62,74)(H,63,75)(H4,54,56,66)(H4,55,57,67)(H3,58,60,68,70)(H3,59,61,69,71). The van der Waals surface area contributed by atoms with E-state index in [0.717, 1.165) is 51.0 Å². The Bertz CT molecular complexity index is 2630. The number of unbranched alkanes of at least 4 members (excludes halogenated alkanes) is 2. The van der Waals surface area contributed by atoms with E-state index in [1.165, 1.54) is 0 Å². The average molecular weight is 1200 g/mol. The fourth-order valence-corrected chi connectivity index (χ4v) is 7.39. The van der Waals surface area contributed by atoms with Crippen molar-refractivity contribution in [3.05, 3.63) is 81.4 Å². The zero-order valence-electron chi connectivity index (χ0n) is 45.8. The summed E-state index contributed by atoms with van der Waals surface area (Å²) in [5.74, 6) is -2.45. The highest BCUT2D eigenvalue weighted by molar-refractivity contribution is 6.32. The van der Waals surface area contributed by atoms with Crippen LogP contribution in [-0.4, -0.2) is 160 Å². The van der Waals surface area contributed by atoms with Gasteiger partial charge < -0.3 is 82.9 Å². The van der Waals surface area contributed by atoms with Gasteiger partial charge in [-0.1, -0.05) is 47.5 Å². The normalized spacial score (nSPS) is 12.0. The minimum absolute atomic E-state index is 0.0289. The third-order valence-electron chi connectivity index (χ3n) is 11.3. The molecule has 0 fully saturated rings. The van der Waals surface area contributed by atoms with Gasteiger partial charge in [0.2, 0.25) is 0 Å². The smallest absolute Gasteiger partial charge is 0.407 e. The number of esters is 2. The summed E-state index contributed by atoms with van der Waals surface area (Å²) in [6.07, 6.45) is 2.98. The Balaban J connectivity index is 1.00. The van der Waals surface area contributed by atoms with Gasteiger partial charge in [-0.05, 0) is 93.2 Å². The van der Waals surface area contributed by atoms with E-state index in [4.69, 9.17) is 95.5 Å². The molecule has 2 aromatic heterocycles. The van der Waals surface area contributed by atoms with E-state index in [0.29, 0.717) is 37.4 Å². The molecule has 0 aliphatic heterocycles. The van der Waals surface area contributed by atoms with Crippen molar-refractivity contribution < 1.29 is 66.7 Å². The topological polar surface area (TPSA) is 457 Å². The van der Waals surface area contributed by atoms with E-state index in [1.54, 1.807) is 0 Å². The zero-order chi connectivity index (χ0) is 60.5. The molecule has 0 spiro atoms. The number of halogens is 2. The number of aryl methyl sites for hydroxylation is 2. The van der Waals surface area contributed by atoms with Crippen molar-refractivity contribution in [2.45, 2.75) is 69.9 Å². The van der Waals surface area contributed by atoms with Crippen molar-refractivity contribution in [3.8, 4) is 11.5 Å². The van der Waals surface area contributed by atoms with Crippen LogP contribution in [0, 0.1) is 0 Å². The molecule has 4 rings (SSSR count). The van der Waals surface area contributed by atoms with Crippen LogP contribution < -0.4 is 65.1 Å². The van der Waals surface area contributed by atoms with Crippen LogP contribution in [0.3, 0.4) is 0 Å². The Labute approximate surface area is 487 Å². The predicted molar refractivity (Wildman–Crippen MR) is 305 cm³/mol. The summed E-state index contributed by atoms with van der Waals surface area (Å²) in [4.78, 5) is 98.3. The van der Waals surface area contributed by atoms with E-state index < -0.39 is 48.0 Å². The molecular formula is C51H70Cl2N16O14. The second-order valence-corrected chi connectivity index (χ2v) is 18.2. The summed E-state index contributed by atoms with van der Waals surface area (Å²) in [6, 6.07) is 12.8. The number of nitrogen functional groups attached to an aromatic ring is 4. The van der Waals surface area contributed by atoms with Crippen molar-refractivity contribution in [1.82, 2.24) is 41.2 Å². The Morgan fingerprint density at radius 3 is 1.25 bits per heavy atom. The summed E-state index contributed by atoms with van der Waals surface area (Å²) in [5, 5.41) is 9.36. The molecule has 83 heavy (non-hydrogen) atoms. The number of benzene rings is 2. The fourth-order valence-electron chi connectivity index (χ4n) is 7.14. The molecule has 2 heterocycles. The Hall–Kier alpha value is -8.74. The number of nitrogens with one attached hydrogen (secondary N) is 4. The van der Waals surface area contributed by atoms with Crippen molar-refractivity contribution in [3.63, 3.8) is 0 Å². The number of rotatable bonds is 34. The molecule has 0 aliphatic carbocycles. The van der Waals surface area contributed by atoms with Gasteiger partial charge in [-0.25, -0.2) is 39.1 Å². The number of methoxy groups -OCH3 is 2. The van der Waals surface area contributed by atoms with Crippen LogP contribution in [0.4, 0.5) is 32.9 Å². The van der Waals surface area contributed by atoms with Gasteiger partial charge in [-0.2, -0.15) is 0 Å². The second-order valence-electron chi connectivity index (χ2n) is 17.5. The molecule has 0 aliphatic rings. The molecule has 0 saturated heterocycles. The summed E-state index contributed by atoms with van der Waals surface area (Å²) < 4.78 is 42.5. The highest BCUT2D eigenvalue weighted by Crippen LogP contribution is 2.20. The van der Waals surface area contributed by atoms with Crippen molar-refractivity contribution in [2.24, 2.45) is 21.5 Å². The van der Waals surface area contributed by atoms with Gasteiger partial charge in [0.05, 0.1) is 40.6 Å². The molecule has 0 bridgehead atoms. The lowest BCUT2D eigenvalue weighted by atomic mass is 10.1. The first-order valence-corrected chi connectivity index (χ1v) is 26.6. The first kappa shape index (κ1) is 66.8. The number of nitrogens with zero attached hydrogens (tertiary/aromatic N) is 6. The van der Waals surface area contributed by atoms with Gasteiger partial charge in [0, 0.05) is 13.1 Å². The maximum Gasteiger partial charge on any atom is 0.407 e. The molecular weight excluding hydrogens is 1130 g/mol. The lowest BCUT2D eigenvalue weighted by Gasteiger charge is -2.19. The Morgan fingerprint density at radius 1 is 0.506 bits per heavy atom. The molecule has 4 amide bonds. The van der Waals surface area contributed by atoms with Crippen LogP contribution in [0.1, 0.15) is 77.0 Å². The zero-order valence-corrected chi connectivity index (χ0v) is 47.3. The number of amides is 4. The summed E-state index contributed by atoms with van der Waals surface area (Å²) in [5.41, 5.74) is 35.8. The fraction of sp³-hybridized carbons (Fsp3) is 0.451. The first-order valence-electron chi connectivity index (χ1n) is 25.9. The lowest BCUT2D eigenvalue weighted by molar-refractivity contribution is -0.143. The third kappa shape index (κ3) is 25.3. The number of ether oxygens (including phenoxy) is 8. The summed E-state index contributed by atoms with van der Waals surface area (Å²) >= 11 is 11.7. The number of aromatic nitrogens is 4. The number of guanidine groups is 2. The summed E-state index contributed by atoms with van der Waals surface area (Å²) in [7, 11) is 2.31. The lowest BCUT2D eigenvalue weighted by Crippen LogP contribution is -2.44. The third-order valence-corrected chi connectivity index (χ3v) is 11.9. The van der Waals surface area contributed by atoms with E-state index in [9.17, 15) is 28.8 Å². The van der Waals surface area contributed by atoms with Crippen LogP contribution >= 0.6 is 23.2 Å². The molecule has 452 valence electrons. The maximum absolute atomic E-state index is 12.5.